The van der Waals surface area contributed by atoms with Crippen molar-refractivity contribution in [2.45, 2.75) is 40.0 Å². The molecular formula is C11H18O4. The molecule has 0 N–H and O–H groups in total. The number of hydrogen-bond acceptors (Lipinski definition) is 4. The normalized spacial score (nSPS) is 10.9. The van der Waals surface area contributed by atoms with E-state index in [1.165, 1.54) is 7.11 Å². The number of carbonyl (C=O) groups excluding carboxylic acids is 3. The van der Waals surface area contributed by atoms with Crippen LogP contribution in [0.1, 0.15) is 40.0 Å². The fourth-order valence-electron chi connectivity index (χ4n) is 0.876. The third-order valence-corrected chi connectivity index (χ3v) is 2.03. The van der Waals surface area contributed by atoms with Crippen molar-refractivity contribution >= 4 is 17.5 Å². The Morgan fingerprint density at radius 2 is 1.60 bits per heavy atom. The number of Topliss-reactive ketones (excluding diaryl/α,β-unsaturated/α-hetero) is 2. The van der Waals surface area contributed by atoms with Crippen LogP contribution in [-0.4, -0.2) is 24.6 Å². The Morgan fingerprint density at radius 3 is 2.00 bits per heavy atom. The molecule has 0 aliphatic carbocycles. The van der Waals surface area contributed by atoms with Gasteiger partial charge in [0.25, 0.3) is 0 Å². The number of ether oxygens (including phenoxy) is 1. The average molecular weight is 214 g/mol. The van der Waals surface area contributed by atoms with E-state index in [-0.39, 0.29) is 30.8 Å². The Morgan fingerprint density at radius 1 is 1.07 bits per heavy atom. The molecule has 4 nitrogen and oxygen atoms in total. The van der Waals surface area contributed by atoms with Crippen LogP contribution in [-0.2, 0) is 19.1 Å². The van der Waals surface area contributed by atoms with Gasteiger partial charge in [-0.3, -0.25) is 14.4 Å². The van der Waals surface area contributed by atoms with Crippen LogP contribution in [0, 0.1) is 5.41 Å². The average Bonchev–Trinajstić information content (AvgIpc) is 2.12. The van der Waals surface area contributed by atoms with Crippen molar-refractivity contribution in [2.75, 3.05) is 7.11 Å². The maximum absolute atomic E-state index is 11.5. The summed E-state index contributed by atoms with van der Waals surface area (Å²) in [5.74, 6) is -0.732. The number of methoxy groups -OCH3 is 1. The quantitative estimate of drug-likeness (QED) is 0.514. The highest BCUT2D eigenvalue weighted by molar-refractivity contribution is 6.01. The Hall–Kier alpha value is -1.19. The Balaban J connectivity index is 3.95. The van der Waals surface area contributed by atoms with Crippen molar-refractivity contribution in [3.05, 3.63) is 0 Å². The zero-order valence-electron chi connectivity index (χ0n) is 9.75. The van der Waals surface area contributed by atoms with E-state index in [0.29, 0.717) is 0 Å². The molecule has 86 valence electrons. The summed E-state index contributed by atoms with van der Waals surface area (Å²) in [6, 6.07) is 0. The summed E-state index contributed by atoms with van der Waals surface area (Å²) in [7, 11) is 1.27. The predicted octanol–water partition coefficient (Wildman–Crippen LogP) is 1.51. The maximum Gasteiger partial charge on any atom is 0.305 e. The van der Waals surface area contributed by atoms with Gasteiger partial charge in [-0.1, -0.05) is 20.8 Å². The molecule has 0 saturated heterocycles. The van der Waals surface area contributed by atoms with Crippen molar-refractivity contribution in [1.29, 1.82) is 0 Å². The Kier molecular flexibility index (Phi) is 5.19. The van der Waals surface area contributed by atoms with E-state index in [1.54, 1.807) is 20.8 Å². The van der Waals surface area contributed by atoms with Gasteiger partial charge >= 0.3 is 5.97 Å². The molecule has 0 bridgehead atoms. The van der Waals surface area contributed by atoms with E-state index < -0.39 is 11.4 Å². The molecule has 15 heavy (non-hydrogen) atoms. The summed E-state index contributed by atoms with van der Waals surface area (Å²) in [5, 5.41) is 0. The second kappa shape index (κ2) is 5.63. The number of rotatable bonds is 5. The lowest BCUT2D eigenvalue weighted by Gasteiger charge is -2.15. The smallest absolute Gasteiger partial charge is 0.305 e. The molecule has 0 aromatic rings. The van der Waals surface area contributed by atoms with Crippen LogP contribution in [0.3, 0.4) is 0 Å². The van der Waals surface area contributed by atoms with Gasteiger partial charge in [0.05, 0.1) is 20.0 Å². The van der Waals surface area contributed by atoms with Gasteiger partial charge in [0.2, 0.25) is 0 Å². The number of carbonyl (C=O) groups is 3. The second-order valence-electron chi connectivity index (χ2n) is 4.46. The Labute approximate surface area is 90.0 Å². The lowest BCUT2D eigenvalue weighted by Crippen LogP contribution is -2.23. The summed E-state index contributed by atoms with van der Waals surface area (Å²) in [5.41, 5.74) is -0.499. The lowest BCUT2D eigenvalue weighted by atomic mass is 9.87. The van der Waals surface area contributed by atoms with Gasteiger partial charge in [0.15, 0.2) is 0 Å². The molecule has 0 amide bonds. The van der Waals surface area contributed by atoms with Crippen LogP contribution < -0.4 is 0 Å². The Bertz CT molecular complexity index is 260. The molecule has 0 aliphatic heterocycles. The molecule has 0 aromatic carbocycles. The fourth-order valence-corrected chi connectivity index (χ4v) is 0.876. The van der Waals surface area contributed by atoms with Crippen molar-refractivity contribution < 1.29 is 19.1 Å². The molecule has 0 aromatic heterocycles. The molecule has 0 radical (unpaired) electrons. The van der Waals surface area contributed by atoms with Crippen LogP contribution in [0.4, 0.5) is 0 Å². The molecule has 0 atom stereocenters. The van der Waals surface area contributed by atoms with Gasteiger partial charge in [0, 0.05) is 11.8 Å². The van der Waals surface area contributed by atoms with Gasteiger partial charge in [-0.05, 0) is 0 Å². The third kappa shape index (κ3) is 5.99. The molecule has 0 saturated carbocycles. The maximum atomic E-state index is 11.5. The monoisotopic (exact) mass is 214 g/mol. The van der Waals surface area contributed by atoms with Gasteiger partial charge < -0.3 is 4.74 Å². The first-order chi connectivity index (χ1) is 6.77. The van der Waals surface area contributed by atoms with E-state index in [2.05, 4.69) is 4.74 Å². The second-order valence-corrected chi connectivity index (χ2v) is 4.46. The van der Waals surface area contributed by atoms with Gasteiger partial charge in [-0.2, -0.15) is 0 Å². The van der Waals surface area contributed by atoms with Gasteiger partial charge in [-0.15, -0.1) is 0 Å². The predicted molar refractivity (Wildman–Crippen MR) is 55.3 cm³/mol. The van der Waals surface area contributed by atoms with Crippen molar-refractivity contribution in [1.82, 2.24) is 0 Å². The molecule has 0 rings (SSSR count). The molecule has 0 fully saturated rings. The van der Waals surface area contributed by atoms with E-state index >= 15 is 0 Å². The summed E-state index contributed by atoms with van der Waals surface area (Å²) < 4.78 is 4.40. The third-order valence-electron chi connectivity index (χ3n) is 2.03. The van der Waals surface area contributed by atoms with Crippen molar-refractivity contribution in [3.63, 3.8) is 0 Å². The molecule has 0 heterocycles. The van der Waals surface area contributed by atoms with Gasteiger partial charge in [0.1, 0.15) is 11.6 Å². The highest BCUT2D eigenvalue weighted by atomic mass is 16.5. The largest absolute Gasteiger partial charge is 0.469 e. The molecule has 0 unspecified atom stereocenters. The van der Waals surface area contributed by atoms with Crippen LogP contribution in [0.15, 0.2) is 0 Å². The summed E-state index contributed by atoms with van der Waals surface area (Å²) >= 11 is 0. The first kappa shape index (κ1) is 13.8. The number of ketones is 2. The highest BCUT2D eigenvalue weighted by Crippen LogP contribution is 2.17. The van der Waals surface area contributed by atoms with Crippen molar-refractivity contribution in [2.24, 2.45) is 5.41 Å². The number of hydrogen-bond donors (Lipinski definition) is 0. The van der Waals surface area contributed by atoms with Crippen LogP contribution in [0.25, 0.3) is 0 Å². The van der Waals surface area contributed by atoms with Crippen LogP contribution >= 0.6 is 0 Å². The standard InChI is InChI=1S/C11H18O4/c1-11(2,3)9(13)7-8(12)5-6-10(14)15-4/h5-7H2,1-4H3. The van der Waals surface area contributed by atoms with Crippen LogP contribution in [0.5, 0.6) is 0 Å². The van der Waals surface area contributed by atoms with Gasteiger partial charge in [-0.25, -0.2) is 0 Å². The molecule has 0 aliphatic rings. The minimum absolute atomic E-state index is 0.0484. The van der Waals surface area contributed by atoms with Crippen LogP contribution in [0.2, 0.25) is 0 Å². The minimum atomic E-state index is -0.499. The number of esters is 1. The molecule has 4 heteroatoms. The first-order valence-electron chi connectivity index (χ1n) is 4.89. The fraction of sp³-hybridized carbons (Fsp3) is 0.727. The zero-order chi connectivity index (χ0) is 12.1. The van der Waals surface area contributed by atoms with E-state index in [0.717, 1.165) is 0 Å². The summed E-state index contributed by atoms with van der Waals surface area (Å²) in [6.07, 6.45) is 0.0295. The highest BCUT2D eigenvalue weighted by Gasteiger charge is 2.23. The molecule has 0 spiro atoms. The van der Waals surface area contributed by atoms with Crippen molar-refractivity contribution in [3.8, 4) is 0 Å². The summed E-state index contributed by atoms with van der Waals surface area (Å²) in [6.45, 7) is 5.30. The lowest BCUT2D eigenvalue weighted by molar-refractivity contribution is -0.142. The first-order valence-corrected chi connectivity index (χ1v) is 4.89. The topological polar surface area (TPSA) is 60.4 Å². The van der Waals surface area contributed by atoms with E-state index in [4.69, 9.17) is 0 Å². The van der Waals surface area contributed by atoms with E-state index in [1.807, 2.05) is 0 Å². The summed E-state index contributed by atoms with van der Waals surface area (Å²) in [4.78, 5) is 33.5. The van der Waals surface area contributed by atoms with E-state index in [9.17, 15) is 14.4 Å². The minimum Gasteiger partial charge on any atom is -0.469 e. The zero-order valence-corrected chi connectivity index (χ0v) is 9.75. The molecular weight excluding hydrogens is 196 g/mol. The SMILES string of the molecule is COC(=O)CCC(=O)CC(=O)C(C)(C)C.